The fourth-order valence-electron chi connectivity index (χ4n) is 3.05. The molecule has 122 valence electrons. The molecule has 1 aliphatic rings. The van der Waals surface area contributed by atoms with E-state index in [1.807, 2.05) is 12.1 Å². The Labute approximate surface area is 138 Å². The summed E-state index contributed by atoms with van der Waals surface area (Å²) in [4.78, 5) is 12.1. The van der Waals surface area contributed by atoms with Crippen molar-refractivity contribution in [3.8, 4) is 5.75 Å². The minimum Gasteiger partial charge on any atom is -0.496 e. The van der Waals surface area contributed by atoms with Crippen LogP contribution in [0.15, 0.2) is 18.2 Å². The average molecular weight is 321 g/mol. The highest BCUT2D eigenvalue weighted by atomic mass is 32.2. The molecular weight excluding hydrogens is 294 g/mol. The van der Waals surface area contributed by atoms with Gasteiger partial charge in [0, 0.05) is 17.4 Å². The van der Waals surface area contributed by atoms with Crippen molar-refractivity contribution in [2.75, 3.05) is 12.9 Å². The number of nitrogens with one attached hydrogen (secondary N) is 1. The molecular formula is C18H27NO2S. The van der Waals surface area contributed by atoms with E-state index < -0.39 is 0 Å². The number of hydrogen-bond donors (Lipinski definition) is 1. The number of methoxy groups -OCH3 is 1. The fraction of sp³-hybridized carbons (Fsp3) is 0.611. The Morgan fingerprint density at radius 1 is 1.36 bits per heavy atom. The van der Waals surface area contributed by atoms with Crippen LogP contribution in [0.3, 0.4) is 0 Å². The monoisotopic (exact) mass is 321 g/mol. The van der Waals surface area contributed by atoms with Gasteiger partial charge in [-0.05, 0) is 31.7 Å². The molecule has 1 amide bonds. The highest BCUT2D eigenvalue weighted by Gasteiger charge is 2.22. The van der Waals surface area contributed by atoms with E-state index in [1.165, 1.54) is 24.8 Å². The van der Waals surface area contributed by atoms with E-state index in [0.717, 1.165) is 23.5 Å². The molecule has 0 aromatic heterocycles. The summed E-state index contributed by atoms with van der Waals surface area (Å²) in [6.07, 6.45) is 4.90. The quantitative estimate of drug-likeness (QED) is 0.862. The Morgan fingerprint density at radius 2 is 2.14 bits per heavy atom. The topological polar surface area (TPSA) is 38.3 Å². The number of hydrogen-bond acceptors (Lipinski definition) is 3. The second-order valence-electron chi connectivity index (χ2n) is 6.24. The van der Waals surface area contributed by atoms with Crippen LogP contribution in [0.4, 0.5) is 0 Å². The maximum absolute atomic E-state index is 12.1. The van der Waals surface area contributed by atoms with Crippen LogP contribution in [0.2, 0.25) is 0 Å². The summed E-state index contributed by atoms with van der Waals surface area (Å²) in [6, 6.07) is 6.54. The summed E-state index contributed by atoms with van der Waals surface area (Å²) >= 11 is 1.65. The van der Waals surface area contributed by atoms with Crippen molar-refractivity contribution < 1.29 is 9.53 Å². The fourth-order valence-corrected chi connectivity index (χ4v) is 3.87. The Morgan fingerprint density at radius 3 is 2.86 bits per heavy atom. The number of aryl methyl sites for hydroxylation is 1. The van der Waals surface area contributed by atoms with Gasteiger partial charge in [0.1, 0.15) is 5.75 Å². The summed E-state index contributed by atoms with van der Waals surface area (Å²) in [5.41, 5.74) is 2.38. The van der Waals surface area contributed by atoms with E-state index in [4.69, 9.17) is 4.74 Å². The zero-order valence-corrected chi connectivity index (χ0v) is 14.7. The van der Waals surface area contributed by atoms with Crippen molar-refractivity contribution in [1.82, 2.24) is 5.32 Å². The number of thioether (sulfide) groups is 1. The van der Waals surface area contributed by atoms with Crippen molar-refractivity contribution in [3.05, 3.63) is 29.3 Å². The van der Waals surface area contributed by atoms with Crippen LogP contribution in [0.25, 0.3) is 0 Å². The maximum atomic E-state index is 12.1. The summed E-state index contributed by atoms with van der Waals surface area (Å²) < 4.78 is 5.38. The lowest BCUT2D eigenvalue weighted by Gasteiger charge is -2.29. The smallest absolute Gasteiger partial charge is 0.230 e. The SMILES string of the molecule is COc1ccc(C)cc1CSCC(=O)N[C@H]1CCCC[C@@H]1C. The van der Waals surface area contributed by atoms with E-state index in [2.05, 4.69) is 25.2 Å². The van der Waals surface area contributed by atoms with Crippen LogP contribution >= 0.6 is 11.8 Å². The van der Waals surface area contributed by atoms with E-state index in [9.17, 15) is 4.79 Å². The van der Waals surface area contributed by atoms with Crippen molar-refractivity contribution in [1.29, 1.82) is 0 Å². The number of carbonyl (C=O) groups is 1. The summed E-state index contributed by atoms with van der Waals surface area (Å²) in [7, 11) is 1.69. The normalized spacial score (nSPS) is 21.4. The highest BCUT2D eigenvalue weighted by molar-refractivity contribution is 7.99. The maximum Gasteiger partial charge on any atom is 0.230 e. The molecule has 0 spiro atoms. The Balaban J connectivity index is 1.78. The highest BCUT2D eigenvalue weighted by Crippen LogP contribution is 2.25. The number of rotatable bonds is 6. The van der Waals surface area contributed by atoms with Crippen molar-refractivity contribution in [3.63, 3.8) is 0 Å². The van der Waals surface area contributed by atoms with Gasteiger partial charge in [-0.25, -0.2) is 0 Å². The zero-order valence-electron chi connectivity index (χ0n) is 13.9. The first-order valence-electron chi connectivity index (χ1n) is 8.10. The van der Waals surface area contributed by atoms with Gasteiger partial charge < -0.3 is 10.1 Å². The molecule has 22 heavy (non-hydrogen) atoms. The molecule has 2 atom stereocenters. The predicted octanol–water partition coefficient (Wildman–Crippen LogP) is 3.93. The van der Waals surface area contributed by atoms with Gasteiger partial charge >= 0.3 is 0 Å². The third-order valence-electron chi connectivity index (χ3n) is 4.38. The second kappa shape index (κ2) is 8.47. The molecule has 1 fully saturated rings. The summed E-state index contributed by atoms with van der Waals surface area (Å²) in [6.45, 7) is 4.32. The molecule has 1 N–H and O–H groups in total. The van der Waals surface area contributed by atoms with Gasteiger partial charge in [-0.2, -0.15) is 0 Å². The molecule has 1 saturated carbocycles. The first kappa shape index (κ1) is 17.2. The first-order chi connectivity index (χ1) is 10.6. The molecule has 0 unspecified atom stereocenters. The lowest BCUT2D eigenvalue weighted by atomic mass is 9.86. The molecule has 2 rings (SSSR count). The van der Waals surface area contributed by atoms with Crippen LogP contribution < -0.4 is 10.1 Å². The predicted molar refractivity (Wildman–Crippen MR) is 93.5 cm³/mol. The second-order valence-corrected chi connectivity index (χ2v) is 7.23. The molecule has 1 aliphatic carbocycles. The van der Waals surface area contributed by atoms with Gasteiger partial charge in [0.2, 0.25) is 5.91 Å². The van der Waals surface area contributed by atoms with Gasteiger partial charge in [-0.3, -0.25) is 4.79 Å². The molecule has 4 heteroatoms. The molecule has 0 bridgehead atoms. The van der Waals surface area contributed by atoms with Crippen molar-refractivity contribution >= 4 is 17.7 Å². The van der Waals surface area contributed by atoms with E-state index in [1.54, 1.807) is 18.9 Å². The van der Waals surface area contributed by atoms with Gasteiger partial charge in [-0.1, -0.05) is 37.5 Å². The van der Waals surface area contributed by atoms with E-state index in [0.29, 0.717) is 17.7 Å². The number of ether oxygens (including phenoxy) is 1. The van der Waals surface area contributed by atoms with Gasteiger partial charge in [0.25, 0.3) is 0 Å². The largest absolute Gasteiger partial charge is 0.496 e. The van der Waals surface area contributed by atoms with E-state index >= 15 is 0 Å². The third kappa shape index (κ3) is 4.94. The lowest BCUT2D eigenvalue weighted by Crippen LogP contribution is -2.41. The molecule has 0 saturated heterocycles. The van der Waals surface area contributed by atoms with Crippen LogP contribution in [0, 0.1) is 12.8 Å². The summed E-state index contributed by atoms with van der Waals surface area (Å²) in [5, 5.41) is 3.20. The van der Waals surface area contributed by atoms with Crippen LogP contribution in [-0.4, -0.2) is 24.8 Å². The summed E-state index contributed by atoms with van der Waals surface area (Å²) in [5.74, 6) is 2.99. The van der Waals surface area contributed by atoms with Crippen molar-refractivity contribution in [2.45, 2.75) is 51.3 Å². The first-order valence-corrected chi connectivity index (χ1v) is 9.26. The number of benzene rings is 1. The third-order valence-corrected chi connectivity index (χ3v) is 5.37. The molecule has 0 aliphatic heterocycles. The zero-order chi connectivity index (χ0) is 15.9. The number of amides is 1. The molecule has 3 nitrogen and oxygen atoms in total. The Bertz CT molecular complexity index is 504. The van der Waals surface area contributed by atoms with Gasteiger partial charge in [-0.15, -0.1) is 11.8 Å². The molecule has 0 heterocycles. The van der Waals surface area contributed by atoms with Crippen LogP contribution in [0.1, 0.15) is 43.7 Å². The van der Waals surface area contributed by atoms with Crippen LogP contribution in [-0.2, 0) is 10.5 Å². The minimum atomic E-state index is 0.162. The Hall–Kier alpha value is -1.16. The van der Waals surface area contributed by atoms with E-state index in [-0.39, 0.29) is 5.91 Å². The molecule has 0 radical (unpaired) electrons. The average Bonchev–Trinajstić information content (AvgIpc) is 2.50. The van der Waals surface area contributed by atoms with Gasteiger partial charge in [0.15, 0.2) is 0 Å². The lowest BCUT2D eigenvalue weighted by molar-refractivity contribution is -0.119. The number of carbonyl (C=O) groups excluding carboxylic acids is 1. The molecule has 1 aromatic carbocycles. The van der Waals surface area contributed by atoms with Crippen molar-refractivity contribution in [2.24, 2.45) is 5.92 Å². The Kier molecular flexibility index (Phi) is 6.62. The van der Waals surface area contributed by atoms with Gasteiger partial charge in [0.05, 0.1) is 12.9 Å². The molecule has 1 aromatic rings. The van der Waals surface area contributed by atoms with Crippen LogP contribution in [0.5, 0.6) is 5.75 Å². The standard InChI is InChI=1S/C18H27NO2S/c1-13-8-9-17(21-3)15(10-13)11-22-12-18(20)19-16-7-5-4-6-14(16)2/h8-10,14,16H,4-7,11-12H2,1-3H3,(H,19,20)/t14-,16-/m0/s1. The minimum absolute atomic E-state index is 0.162.